The highest BCUT2D eigenvalue weighted by Crippen LogP contribution is 2.29. The molecular weight excluding hydrogens is 336 g/mol. The van der Waals surface area contributed by atoms with Gasteiger partial charge in [0.1, 0.15) is 0 Å². The van der Waals surface area contributed by atoms with E-state index in [0.717, 1.165) is 37.1 Å². The lowest BCUT2D eigenvalue weighted by Crippen LogP contribution is -2.37. The molecule has 142 valence electrons. The molecule has 0 saturated carbocycles. The van der Waals surface area contributed by atoms with E-state index < -0.39 is 0 Å². The maximum atomic E-state index is 12.5. The number of carbonyl (C=O) groups excluding carboxylic acids is 2. The minimum Gasteiger partial charge on any atom is -0.343 e. The van der Waals surface area contributed by atoms with E-state index in [4.69, 9.17) is 5.73 Å². The second-order valence-corrected chi connectivity index (χ2v) is 7.25. The number of piperidine rings is 1. The van der Waals surface area contributed by atoms with Gasteiger partial charge in [0.05, 0.1) is 0 Å². The second-order valence-electron chi connectivity index (χ2n) is 7.25. The van der Waals surface area contributed by atoms with Gasteiger partial charge in [-0.2, -0.15) is 0 Å². The molecule has 2 N–H and O–H groups in total. The number of hydrogen-bond donors (Lipinski definition) is 1. The molecule has 4 nitrogen and oxygen atoms in total. The molecule has 0 unspecified atom stereocenters. The molecule has 1 saturated heterocycles. The fraction of sp³-hybridized carbons (Fsp3) is 0.391. The van der Waals surface area contributed by atoms with Crippen LogP contribution in [0.15, 0.2) is 54.6 Å². The summed E-state index contributed by atoms with van der Waals surface area (Å²) in [5, 5.41) is 0. The third-order valence-corrected chi connectivity index (χ3v) is 5.40. The molecule has 0 bridgehead atoms. The maximum absolute atomic E-state index is 12.5. The number of nitrogens with zero attached hydrogens (tertiary/aromatic N) is 1. The summed E-state index contributed by atoms with van der Waals surface area (Å²) in [6.07, 6.45) is 3.47. The van der Waals surface area contributed by atoms with Crippen LogP contribution in [-0.2, 0) is 11.3 Å². The van der Waals surface area contributed by atoms with Gasteiger partial charge in [0.2, 0.25) is 5.91 Å². The summed E-state index contributed by atoms with van der Waals surface area (Å²) in [4.78, 5) is 26.5. The quantitative estimate of drug-likeness (QED) is 0.758. The molecule has 1 fully saturated rings. The van der Waals surface area contributed by atoms with E-state index in [1.54, 1.807) is 0 Å². The Kier molecular flexibility index (Phi) is 6.77. The molecule has 0 aromatic heterocycles. The van der Waals surface area contributed by atoms with Crippen molar-refractivity contribution in [2.45, 2.75) is 44.6 Å². The molecule has 1 aliphatic heterocycles. The molecule has 0 spiro atoms. The van der Waals surface area contributed by atoms with E-state index in [2.05, 4.69) is 24.3 Å². The Labute approximate surface area is 161 Å². The zero-order valence-electron chi connectivity index (χ0n) is 15.8. The zero-order valence-corrected chi connectivity index (χ0v) is 15.8. The summed E-state index contributed by atoms with van der Waals surface area (Å²) < 4.78 is 0. The third kappa shape index (κ3) is 5.27. The molecule has 3 rings (SSSR count). The Morgan fingerprint density at radius 3 is 2.41 bits per heavy atom. The highest BCUT2D eigenvalue weighted by Gasteiger charge is 2.23. The van der Waals surface area contributed by atoms with E-state index in [-0.39, 0.29) is 11.7 Å². The first kappa shape index (κ1) is 19.3. The first-order valence-electron chi connectivity index (χ1n) is 9.82. The Morgan fingerprint density at radius 2 is 1.70 bits per heavy atom. The van der Waals surface area contributed by atoms with Crippen molar-refractivity contribution in [2.75, 3.05) is 13.1 Å². The number of Topliss-reactive ketones (excluding diaryl/α,β-unsaturated/α-hetero) is 1. The number of amides is 1. The van der Waals surface area contributed by atoms with Gasteiger partial charge >= 0.3 is 0 Å². The molecule has 4 heteroatoms. The van der Waals surface area contributed by atoms with Crippen LogP contribution in [0.5, 0.6) is 0 Å². The maximum Gasteiger partial charge on any atom is 0.222 e. The highest BCUT2D eigenvalue weighted by atomic mass is 16.2. The fourth-order valence-electron chi connectivity index (χ4n) is 3.76. The molecule has 2 aromatic rings. The van der Waals surface area contributed by atoms with Crippen LogP contribution in [0, 0.1) is 0 Å². The summed E-state index contributed by atoms with van der Waals surface area (Å²) in [7, 11) is 0. The van der Waals surface area contributed by atoms with Crippen LogP contribution in [0.25, 0.3) is 0 Å². The van der Waals surface area contributed by atoms with Crippen LogP contribution in [0.3, 0.4) is 0 Å². The monoisotopic (exact) mass is 364 g/mol. The van der Waals surface area contributed by atoms with Crippen molar-refractivity contribution in [2.24, 2.45) is 5.73 Å². The summed E-state index contributed by atoms with van der Waals surface area (Å²) in [6, 6.07) is 17.8. The number of hydrogen-bond acceptors (Lipinski definition) is 3. The van der Waals surface area contributed by atoms with E-state index >= 15 is 0 Å². The first-order chi connectivity index (χ1) is 13.2. The largest absolute Gasteiger partial charge is 0.343 e. The van der Waals surface area contributed by atoms with Crippen molar-refractivity contribution in [3.05, 3.63) is 71.3 Å². The first-order valence-corrected chi connectivity index (χ1v) is 9.82. The van der Waals surface area contributed by atoms with Crippen LogP contribution in [0.4, 0.5) is 0 Å². The van der Waals surface area contributed by atoms with Crippen LogP contribution in [0.2, 0.25) is 0 Å². The van der Waals surface area contributed by atoms with Crippen molar-refractivity contribution < 1.29 is 9.59 Å². The Morgan fingerprint density at radius 1 is 0.963 bits per heavy atom. The molecule has 27 heavy (non-hydrogen) atoms. The summed E-state index contributed by atoms with van der Waals surface area (Å²) in [5.74, 6) is 0.784. The summed E-state index contributed by atoms with van der Waals surface area (Å²) in [6.45, 7) is 2.15. The van der Waals surface area contributed by atoms with Crippen LogP contribution < -0.4 is 5.73 Å². The minimum atomic E-state index is 0.113. The molecule has 0 aliphatic carbocycles. The lowest BCUT2D eigenvalue weighted by Gasteiger charge is -2.32. The SMILES string of the molecule is NCc1cccc(C2CCN(C(=O)CCCC(=O)c3ccccc3)CC2)c1. The van der Waals surface area contributed by atoms with Crippen molar-refractivity contribution in [1.29, 1.82) is 0 Å². The van der Waals surface area contributed by atoms with Gasteiger partial charge < -0.3 is 10.6 Å². The van der Waals surface area contributed by atoms with E-state index in [9.17, 15) is 9.59 Å². The predicted octanol–water partition coefficient (Wildman–Crippen LogP) is 3.90. The number of likely N-dealkylation sites (tertiary alicyclic amines) is 1. The molecule has 0 atom stereocenters. The standard InChI is InChI=1S/C23H28N2O2/c24-17-18-6-4-9-21(16-18)19-12-14-25(15-13-19)23(27)11-5-10-22(26)20-7-2-1-3-8-20/h1-4,6-9,16,19H,5,10-15,17,24H2. The van der Waals surface area contributed by atoms with Crippen LogP contribution in [0.1, 0.15) is 59.5 Å². The predicted molar refractivity (Wildman–Crippen MR) is 108 cm³/mol. The van der Waals surface area contributed by atoms with Gasteiger partial charge in [-0.15, -0.1) is 0 Å². The van der Waals surface area contributed by atoms with Crippen molar-refractivity contribution >= 4 is 11.7 Å². The number of carbonyl (C=O) groups is 2. The molecule has 1 aliphatic rings. The zero-order chi connectivity index (χ0) is 19.1. The van der Waals surface area contributed by atoms with Gasteiger partial charge in [-0.3, -0.25) is 9.59 Å². The van der Waals surface area contributed by atoms with Crippen molar-refractivity contribution in [1.82, 2.24) is 4.90 Å². The number of nitrogens with two attached hydrogens (primary N) is 1. The molecule has 2 aromatic carbocycles. The Bertz CT molecular complexity index is 765. The number of ketones is 1. The Balaban J connectivity index is 1.42. The topological polar surface area (TPSA) is 63.4 Å². The number of rotatable bonds is 7. The van der Waals surface area contributed by atoms with Crippen molar-refractivity contribution in [3.63, 3.8) is 0 Å². The fourth-order valence-corrected chi connectivity index (χ4v) is 3.76. The van der Waals surface area contributed by atoms with Crippen LogP contribution in [-0.4, -0.2) is 29.7 Å². The molecular formula is C23H28N2O2. The van der Waals surface area contributed by atoms with E-state index in [1.807, 2.05) is 35.2 Å². The van der Waals surface area contributed by atoms with E-state index in [1.165, 1.54) is 5.56 Å². The normalized spacial score (nSPS) is 14.9. The van der Waals surface area contributed by atoms with Gasteiger partial charge in [0.25, 0.3) is 0 Å². The van der Waals surface area contributed by atoms with Crippen LogP contribution >= 0.6 is 0 Å². The molecule has 0 radical (unpaired) electrons. The van der Waals surface area contributed by atoms with Gasteiger partial charge in [0.15, 0.2) is 5.78 Å². The van der Waals surface area contributed by atoms with Crippen molar-refractivity contribution in [3.8, 4) is 0 Å². The Hall–Kier alpha value is -2.46. The summed E-state index contributed by atoms with van der Waals surface area (Å²) in [5.41, 5.74) is 8.96. The van der Waals surface area contributed by atoms with Gasteiger partial charge in [0, 0.05) is 38.0 Å². The lowest BCUT2D eigenvalue weighted by atomic mass is 9.88. The minimum absolute atomic E-state index is 0.113. The summed E-state index contributed by atoms with van der Waals surface area (Å²) >= 11 is 0. The highest BCUT2D eigenvalue weighted by molar-refractivity contribution is 5.96. The van der Waals surface area contributed by atoms with Gasteiger partial charge in [-0.1, -0.05) is 54.6 Å². The smallest absolute Gasteiger partial charge is 0.222 e. The van der Waals surface area contributed by atoms with Gasteiger partial charge in [-0.05, 0) is 36.3 Å². The molecule has 1 heterocycles. The third-order valence-electron chi connectivity index (χ3n) is 5.40. The number of benzene rings is 2. The van der Waals surface area contributed by atoms with Gasteiger partial charge in [-0.25, -0.2) is 0 Å². The second kappa shape index (κ2) is 9.47. The van der Waals surface area contributed by atoms with E-state index in [0.29, 0.717) is 31.7 Å². The average molecular weight is 364 g/mol. The molecule has 1 amide bonds. The lowest BCUT2D eigenvalue weighted by molar-refractivity contribution is -0.132. The average Bonchev–Trinajstić information content (AvgIpc) is 2.74.